The van der Waals surface area contributed by atoms with Crippen molar-refractivity contribution in [3.05, 3.63) is 44.2 Å². The molecular formula is C20H16Cl2F2N6O5. The molecule has 3 N–H and O–H groups in total. The van der Waals surface area contributed by atoms with Gasteiger partial charge in [0, 0.05) is 30.4 Å². The van der Waals surface area contributed by atoms with Crippen LogP contribution in [-0.4, -0.2) is 40.4 Å². The number of alkyl carbamates (subject to hydrolysis) is 1. The summed E-state index contributed by atoms with van der Waals surface area (Å²) in [6.45, 7) is 1.56. The Balaban J connectivity index is 1.74. The lowest BCUT2D eigenvalue weighted by Crippen LogP contribution is -2.36. The van der Waals surface area contributed by atoms with Crippen LogP contribution in [0.2, 0.25) is 10.0 Å². The number of nitriles is 1. The quantitative estimate of drug-likeness (QED) is 0.359. The van der Waals surface area contributed by atoms with E-state index in [1.807, 2.05) is 5.32 Å². The number of anilines is 1. The van der Waals surface area contributed by atoms with E-state index in [-0.39, 0.29) is 39.5 Å². The van der Waals surface area contributed by atoms with E-state index < -0.39 is 48.0 Å². The first-order valence-corrected chi connectivity index (χ1v) is 10.6. The van der Waals surface area contributed by atoms with Crippen LogP contribution in [0.25, 0.3) is 0 Å². The minimum Gasteiger partial charge on any atom is -0.450 e. The fraction of sp³-hybridized carbons (Fsp3) is 0.300. The van der Waals surface area contributed by atoms with Gasteiger partial charge in [0.05, 0.1) is 22.3 Å². The molecule has 0 spiro atoms. The van der Waals surface area contributed by atoms with Gasteiger partial charge in [-0.15, -0.1) is 5.10 Å². The number of amides is 2. The predicted molar refractivity (Wildman–Crippen MR) is 120 cm³/mol. The lowest BCUT2D eigenvalue weighted by atomic mass is 9.77. The average molecular weight is 529 g/mol. The molecule has 1 aliphatic carbocycles. The van der Waals surface area contributed by atoms with Crippen molar-refractivity contribution in [3.63, 3.8) is 0 Å². The number of carbonyl (C=O) groups is 2. The molecule has 1 aromatic heterocycles. The predicted octanol–water partition coefficient (Wildman–Crippen LogP) is 3.95. The van der Waals surface area contributed by atoms with Gasteiger partial charge in [-0.05, 0) is 19.1 Å². The summed E-state index contributed by atoms with van der Waals surface area (Å²) in [5.74, 6) is -4.73. The molecule has 1 aliphatic rings. The molecule has 0 atom stereocenters. The van der Waals surface area contributed by atoms with Gasteiger partial charge in [-0.3, -0.25) is 20.3 Å². The van der Waals surface area contributed by atoms with Crippen LogP contribution >= 0.6 is 23.2 Å². The fourth-order valence-corrected chi connectivity index (χ4v) is 3.59. The number of hydrogen-bond acceptors (Lipinski definition) is 9. The first kappa shape index (κ1) is 25.9. The third-order valence-corrected chi connectivity index (χ3v) is 5.21. The smallest absolute Gasteiger partial charge is 0.414 e. The van der Waals surface area contributed by atoms with Gasteiger partial charge in [-0.2, -0.15) is 10.4 Å². The SMILES string of the molecule is CCOC(=O)NC(=O)/C(C#N)=N/Nc1cc(Cl)c(Oc2cc(C3CC(F)(F)C3)c(=O)[nH]n2)c(Cl)c1. The van der Waals surface area contributed by atoms with Crippen molar-refractivity contribution in [1.82, 2.24) is 15.5 Å². The molecule has 15 heteroatoms. The van der Waals surface area contributed by atoms with Crippen LogP contribution < -0.4 is 21.0 Å². The summed E-state index contributed by atoms with van der Waals surface area (Å²) in [5.41, 5.74) is 1.37. The minimum absolute atomic E-state index is 0.0221. The van der Waals surface area contributed by atoms with E-state index in [9.17, 15) is 23.2 Å². The fourth-order valence-electron chi connectivity index (χ4n) is 3.03. The van der Waals surface area contributed by atoms with Gasteiger partial charge >= 0.3 is 6.09 Å². The lowest BCUT2D eigenvalue weighted by Gasteiger charge is -2.34. The maximum atomic E-state index is 13.2. The Morgan fingerprint density at radius 3 is 2.54 bits per heavy atom. The molecule has 35 heavy (non-hydrogen) atoms. The molecule has 3 rings (SSSR count). The van der Waals surface area contributed by atoms with E-state index in [4.69, 9.17) is 33.2 Å². The van der Waals surface area contributed by atoms with Crippen molar-refractivity contribution in [2.45, 2.75) is 31.6 Å². The number of carbonyl (C=O) groups excluding carboxylic acids is 2. The average Bonchev–Trinajstić information content (AvgIpc) is 2.76. The number of aromatic amines is 1. The summed E-state index contributed by atoms with van der Waals surface area (Å²) in [4.78, 5) is 35.2. The van der Waals surface area contributed by atoms with Gasteiger partial charge in [-0.25, -0.2) is 18.7 Å². The Morgan fingerprint density at radius 1 is 1.31 bits per heavy atom. The number of aromatic nitrogens is 2. The third kappa shape index (κ3) is 6.43. The van der Waals surface area contributed by atoms with E-state index in [1.165, 1.54) is 31.2 Å². The van der Waals surface area contributed by atoms with E-state index in [1.54, 1.807) is 0 Å². The Kier molecular flexibility index (Phi) is 7.88. The van der Waals surface area contributed by atoms with Crippen molar-refractivity contribution in [2.24, 2.45) is 5.10 Å². The second-order valence-electron chi connectivity index (χ2n) is 7.18. The number of nitrogens with zero attached hydrogens (tertiary/aromatic N) is 3. The molecule has 2 aromatic rings. The van der Waals surface area contributed by atoms with Crippen molar-refractivity contribution >= 4 is 46.6 Å². The normalized spacial score (nSPS) is 14.9. The van der Waals surface area contributed by atoms with Crippen molar-refractivity contribution in [3.8, 4) is 17.7 Å². The number of benzene rings is 1. The molecule has 0 radical (unpaired) electrons. The number of ether oxygens (including phenoxy) is 2. The van der Waals surface area contributed by atoms with E-state index >= 15 is 0 Å². The number of H-pyrrole nitrogens is 1. The van der Waals surface area contributed by atoms with Crippen LogP contribution in [0.5, 0.6) is 11.6 Å². The molecule has 1 aromatic carbocycles. The Morgan fingerprint density at radius 2 is 1.97 bits per heavy atom. The monoisotopic (exact) mass is 528 g/mol. The zero-order valence-electron chi connectivity index (χ0n) is 17.8. The number of rotatable bonds is 7. The summed E-state index contributed by atoms with van der Waals surface area (Å²) in [6, 6.07) is 5.35. The highest BCUT2D eigenvalue weighted by atomic mass is 35.5. The van der Waals surface area contributed by atoms with Crippen molar-refractivity contribution in [1.29, 1.82) is 5.26 Å². The maximum Gasteiger partial charge on any atom is 0.414 e. The number of nitrogens with one attached hydrogen (secondary N) is 3. The number of hydrazone groups is 1. The summed E-state index contributed by atoms with van der Waals surface area (Å²) in [6.07, 6.45) is -1.95. The topological polar surface area (TPSA) is 159 Å². The van der Waals surface area contributed by atoms with Gasteiger partial charge in [0.25, 0.3) is 11.5 Å². The van der Waals surface area contributed by atoms with Crippen molar-refractivity contribution in [2.75, 3.05) is 12.0 Å². The Hall–Kier alpha value is -3.76. The van der Waals surface area contributed by atoms with Gasteiger partial charge in [0.1, 0.15) is 6.07 Å². The number of hydrogen-bond donors (Lipinski definition) is 3. The highest BCUT2D eigenvalue weighted by molar-refractivity contribution is 6.47. The first-order chi connectivity index (χ1) is 16.5. The van der Waals surface area contributed by atoms with Gasteiger partial charge < -0.3 is 9.47 Å². The zero-order valence-corrected chi connectivity index (χ0v) is 19.3. The second-order valence-corrected chi connectivity index (χ2v) is 8.00. The van der Waals surface area contributed by atoms with Crippen molar-refractivity contribution < 1.29 is 27.8 Å². The molecule has 1 heterocycles. The zero-order chi connectivity index (χ0) is 25.8. The first-order valence-electron chi connectivity index (χ1n) is 9.89. The van der Waals surface area contributed by atoms with E-state index in [0.29, 0.717) is 0 Å². The molecule has 2 amide bonds. The van der Waals surface area contributed by atoms with Crippen LogP contribution in [-0.2, 0) is 9.53 Å². The molecule has 0 saturated heterocycles. The minimum atomic E-state index is -2.82. The van der Waals surface area contributed by atoms with Crippen LogP contribution in [0.1, 0.15) is 31.2 Å². The van der Waals surface area contributed by atoms with Gasteiger partial charge in [-0.1, -0.05) is 23.2 Å². The Bertz CT molecular complexity index is 1260. The van der Waals surface area contributed by atoms with Crippen LogP contribution in [0.3, 0.4) is 0 Å². The highest BCUT2D eigenvalue weighted by Crippen LogP contribution is 2.48. The summed E-state index contributed by atoms with van der Waals surface area (Å²) in [5, 5.41) is 20.3. The summed E-state index contributed by atoms with van der Waals surface area (Å²) >= 11 is 12.4. The summed E-state index contributed by atoms with van der Waals surface area (Å²) in [7, 11) is 0. The number of halogens is 4. The molecule has 1 fully saturated rings. The van der Waals surface area contributed by atoms with Crippen LogP contribution in [0.4, 0.5) is 19.3 Å². The van der Waals surface area contributed by atoms with Gasteiger partial charge in [0.15, 0.2) is 5.75 Å². The standard InChI is InChI=1S/C20H16Cl2F2N6O5/c1-2-34-19(33)26-18(32)14(8-25)28-27-10-3-12(21)16(13(22)4-10)35-15-5-11(17(31)30-29-15)9-6-20(23,24)7-9/h3-5,9,27H,2,6-7H2,1H3,(H,30,31)(H,26,32,33)/b28-14+. The number of imide groups is 1. The Labute approximate surface area is 206 Å². The lowest BCUT2D eigenvalue weighted by molar-refractivity contribution is -0.114. The molecule has 184 valence electrons. The van der Waals surface area contributed by atoms with Crippen LogP contribution in [0, 0.1) is 11.3 Å². The molecular weight excluding hydrogens is 513 g/mol. The van der Waals surface area contributed by atoms with Crippen LogP contribution in [0.15, 0.2) is 28.1 Å². The molecule has 0 bridgehead atoms. The molecule has 0 aliphatic heterocycles. The largest absolute Gasteiger partial charge is 0.450 e. The highest BCUT2D eigenvalue weighted by Gasteiger charge is 2.47. The molecule has 0 unspecified atom stereocenters. The maximum absolute atomic E-state index is 13.2. The van der Waals surface area contributed by atoms with E-state index in [2.05, 4.69) is 25.5 Å². The van der Waals surface area contributed by atoms with Gasteiger partial charge in [0.2, 0.25) is 17.5 Å². The van der Waals surface area contributed by atoms with E-state index in [0.717, 1.165) is 0 Å². The third-order valence-electron chi connectivity index (χ3n) is 4.65. The second kappa shape index (κ2) is 10.7. The molecule has 1 saturated carbocycles. The molecule has 11 nitrogen and oxygen atoms in total. The number of alkyl halides is 2. The summed E-state index contributed by atoms with van der Waals surface area (Å²) < 4.78 is 36.5.